The lowest BCUT2D eigenvalue weighted by molar-refractivity contribution is 0.0962. The number of nitrogen functional groups attached to an aromatic ring is 1. The Morgan fingerprint density at radius 3 is 2.54 bits per heavy atom. The van der Waals surface area contributed by atoms with E-state index in [0.717, 1.165) is 5.69 Å². The van der Waals surface area contributed by atoms with Gasteiger partial charge in [0.15, 0.2) is 23.1 Å². The third kappa shape index (κ3) is 3.73. The van der Waals surface area contributed by atoms with Crippen LogP contribution in [0.25, 0.3) is 0 Å². The maximum atomic E-state index is 12.1. The summed E-state index contributed by atoms with van der Waals surface area (Å²) in [6.07, 6.45) is 1.34. The predicted octanol–water partition coefficient (Wildman–Crippen LogP) is 2.33. The van der Waals surface area contributed by atoms with Crippen LogP contribution in [0.1, 0.15) is 10.4 Å². The van der Waals surface area contributed by atoms with Crippen molar-refractivity contribution in [2.45, 2.75) is 0 Å². The number of amides is 1. The van der Waals surface area contributed by atoms with Crippen LogP contribution >= 0.6 is 0 Å². The molecule has 9 heteroatoms. The van der Waals surface area contributed by atoms with E-state index in [1.165, 1.54) is 6.33 Å². The van der Waals surface area contributed by atoms with Crippen LogP contribution in [-0.2, 0) is 0 Å². The quantitative estimate of drug-likeness (QED) is 0.499. The van der Waals surface area contributed by atoms with Gasteiger partial charge in [-0.15, -0.1) is 0 Å². The van der Waals surface area contributed by atoms with Gasteiger partial charge in [-0.1, -0.05) is 18.2 Å². The van der Waals surface area contributed by atoms with Gasteiger partial charge in [0, 0.05) is 17.3 Å². The highest BCUT2D eigenvalue weighted by Gasteiger charge is 2.14. The van der Waals surface area contributed by atoms with E-state index in [1.807, 2.05) is 18.2 Å². The molecule has 3 aromatic rings. The SMILES string of the molecule is Nc1c(NNC(=O)c2ccccc2)ncnc1Nc1ccc2c(c1)OCCO2. The molecule has 2 aromatic carbocycles. The normalized spacial score (nSPS) is 12.1. The summed E-state index contributed by atoms with van der Waals surface area (Å²) in [7, 11) is 0. The molecule has 0 saturated carbocycles. The largest absolute Gasteiger partial charge is 0.486 e. The number of benzene rings is 2. The van der Waals surface area contributed by atoms with E-state index in [4.69, 9.17) is 15.2 Å². The van der Waals surface area contributed by atoms with Gasteiger partial charge in [0.2, 0.25) is 0 Å². The Labute approximate surface area is 160 Å². The molecule has 0 radical (unpaired) electrons. The molecule has 0 saturated heterocycles. The van der Waals surface area contributed by atoms with E-state index in [-0.39, 0.29) is 17.4 Å². The highest BCUT2D eigenvalue weighted by Crippen LogP contribution is 2.34. The van der Waals surface area contributed by atoms with Gasteiger partial charge in [-0.05, 0) is 24.3 Å². The summed E-state index contributed by atoms with van der Waals surface area (Å²) in [6.45, 7) is 1.03. The van der Waals surface area contributed by atoms with Crippen molar-refractivity contribution in [2.24, 2.45) is 0 Å². The molecule has 1 aromatic heterocycles. The Bertz CT molecular complexity index is 996. The zero-order valence-corrected chi connectivity index (χ0v) is 14.8. The van der Waals surface area contributed by atoms with Crippen LogP contribution < -0.4 is 31.4 Å². The van der Waals surface area contributed by atoms with Crippen LogP contribution in [-0.4, -0.2) is 29.1 Å². The standard InChI is InChI=1S/C19H18N6O3/c20-16-17(23-13-6-7-14-15(10-13)28-9-8-27-14)21-11-22-18(16)24-25-19(26)12-4-2-1-3-5-12/h1-7,10-11H,8-9,20H2,(H,25,26)(H2,21,22,23,24). The van der Waals surface area contributed by atoms with Gasteiger partial charge in [0.1, 0.15) is 25.2 Å². The van der Waals surface area contributed by atoms with Crippen LogP contribution in [0.4, 0.5) is 23.0 Å². The number of fused-ring (bicyclic) bond motifs is 1. The summed E-state index contributed by atoms with van der Waals surface area (Å²) in [5.41, 5.74) is 12.9. The second-order valence-corrected chi connectivity index (χ2v) is 5.91. The van der Waals surface area contributed by atoms with Crippen molar-refractivity contribution < 1.29 is 14.3 Å². The Balaban J connectivity index is 1.47. The molecular weight excluding hydrogens is 360 g/mol. The van der Waals surface area contributed by atoms with Crippen LogP contribution in [0.5, 0.6) is 11.5 Å². The number of anilines is 4. The summed E-state index contributed by atoms with van der Waals surface area (Å²) >= 11 is 0. The molecule has 28 heavy (non-hydrogen) atoms. The second-order valence-electron chi connectivity index (χ2n) is 5.91. The Kier molecular flexibility index (Phi) is 4.79. The number of hydrazine groups is 1. The number of carbonyl (C=O) groups excluding carboxylic acids is 1. The van der Waals surface area contributed by atoms with E-state index in [9.17, 15) is 4.79 Å². The number of hydrogen-bond acceptors (Lipinski definition) is 8. The number of aromatic nitrogens is 2. The molecule has 0 unspecified atom stereocenters. The van der Waals surface area contributed by atoms with Gasteiger partial charge in [0.25, 0.3) is 5.91 Å². The third-order valence-corrected chi connectivity index (χ3v) is 4.02. The van der Waals surface area contributed by atoms with Crippen LogP contribution in [0.15, 0.2) is 54.9 Å². The maximum absolute atomic E-state index is 12.1. The highest BCUT2D eigenvalue weighted by atomic mass is 16.6. The zero-order valence-electron chi connectivity index (χ0n) is 14.8. The van der Waals surface area contributed by atoms with E-state index >= 15 is 0 Å². The number of nitrogens with two attached hydrogens (primary N) is 1. The summed E-state index contributed by atoms with van der Waals surface area (Å²) in [5, 5.41) is 3.12. The van der Waals surface area contributed by atoms with E-state index in [1.54, 1.807) is 30.3 Å². The van der Waals surface area contributed by atoms with Crippen molar-refractivity contribution in [2.75, 3.05) is 29.7 Å². The smallest absolute Gasteiger partial charge is 0.269 e. The molecule has 142 valence electrons. The molecule has 5 N–H and O–H groups in total. The Morgan fingerprint density at radius 1 is 0.964 bits per heavy atom. The van der Waals surface area contributed by atoms with E-state index < -0.39 is 0 Å². The predicted molar refractivity (Wildman–Crippen MR) is 105 cm³/mol. The fraction of sp³-hybridized carbons (Fsp3) is 0.105. The first-order valence-corrected chi connectivity index (χ1v) is 8.59. The number of rotatable bonds is 5. The highest BCUT2D eigenvalue weighted by molar-refractivity contribution is 5.95. The van der Waals surface area contributed by atoms with Crippen LogP contribution in [0, 0.1) is 0 Å². The van der Waals surface area contributed by atoms with Gasteiger partial charge in [0.05, 0.1) is 0 Å². The molecule has 0 bridgehead atoms. The molecular formula is C19H18N6O3. The average Bonchev–Trinajstić information content (AvgIpc) is 2.74. The molecule has 0 atom stereocenters. The first-order valence-electron chi connectivity index (χ1n) is 8.59. The maximum Gasteiger partial charge on any atom is 0.269 e. The molecule has 1 aliphatic rings. The molecule has 0 spiro atoms. The number of nitrogens with one attached hydrogen (secondary N) is 3. The van der Waals surface area contributed by atoms with Gasteiger partial charge in [-0.3, -0.25) is 15.6 Å². The molecule has 2 heterocycles. The molecule has 1 aliphatic heterocycles. The second kappa shape index (κ2) is 7.70. The average molecular weight is 378 g/mol. The molecule has 0 fully saturated rings. The van der Waals surface area contributed by atoms with Crippen molar-refractivity contribution in [1.82, 2.24) is 15.4 Å². The van der Waals surface area contributed by atoms with Gasteiger partial charge in [-0.2, -0.15) is 0 Å². The van der Waals surface area contributed by atoms with Gasteiger partial charge >= 0.3 is 0 Å². The van der Waals surface area contributed by atoms with Crippen molar-refractivity contribution in [3.63, 3.8) is 0 Å². The van der Waals surface area contributed by atoms with Gasteiger partial charge in [-0.25, -0.2) is 9.97 Å². The number of carbonyl (C=O) groups is 1. The summed E-state index contributed by atoms with van der Waals surface area (Å²) < 4.78 is 11.1. The first-order chi connectivity index (χ1) is 13.7. The zero-order chi connectivity index (χ0) is 19.3. The molecule has 0 aliphatic carbocycles. The summed E-state index contributed by atoms with van der Waals surface area (Å²) in [6, 6.07) is 14.3. The Morgan fingerprint density at radius 2 is 1.71 bits per heavy atom. The van der Waals surface area contributed by atoms with Crippen LogP contribution in [0.3, 0.4) is 0 Å². The van der Waals surface area contributed by atoms with E-state index in [2.05, 4.69) is 26.1 Å². The lowest BCUT2D eigenvalue weighted by atomic mass is 10.2. The minimum Gasteiger partial charge on any atom is -0.486 e. The molecule has 4 rings (SSSR count). The number of nitrogens with zero attached hydrogens (tertiary/aromatic N) is 2. The number of hydrogen-bond donors (Lipinski definition) is 4. The molecule has 9 nitrogen and oxygen atoms in total. The Hall–Kier alpha value is -4.01. The first kappa shape index (κ1) is 17.4. The summed E-state index contributed by atoms with van der Waals surface area (Å²) in [4.78, 5) is 20.4. The monoisotopic (exact) mass is 378 g/mol. The van der Waals surface area contributed by atoms with Crippen molar-refractivity contribution in [3.8, 4) is 11.5 Å². The minimum absolute atomic E-state index is 0.255. The third-order valence-electron chi connectivity index (χ3n) is 4.02. The van der Waals surface area contributed by atoms with E-state index in [0.29, 0.717) is 36.1 Å². The van der Waals surface area contributed by atoms with Crippen molar-refractivity contribution in [3.05, 3.63) is 60.4 Å². The topological polar surface area (TPSA) is 123 Å². The lowest BCUT2D eigenvalue weighted by Gasteiger charge is -2.19. The summed E-state index contributed by atoms with van der Waals surface area (Å²) in [5.74, 6) is 1.71. The number of ether oxygens (including phenoxy) is 2. The lowest BCUT2D eigenvalue weighted by Crippen LogP contribution is -2.30. The van der Waals surface area contributed by atoms with Gasteiger partial charge < -0.3 is 20.5 Å². The molecule has 1 amide bonds. The van der Waals surface area contributed by atoms with Crippen LogP contribution in [0.2, 0.25) is 0 Å². The fourth-order valence-corrected chi connectivity index (χ4v) is 2.63. The fourth-order valence-electron chi connectivity index (χ4n) is 2.63. The van der Waals surface area contributed by atoms with Crippen molar-refractivity contribution >= 4 is 28.9 Å². The van der Waals surface area contributed by atoms with Crippen molar-refractivity contribution in [1.29, 1.82) is 0 Å². The minimum atomic E-state index is -0.306.